The SMILES string of the molecule is Cc1ccc(Cn2nc(NC(=O)c3cccnc3)c3ccc(N4CCCCCC4)nc32)cc1. The van der Waals surface area contributed by atoms with Crippen LogP contribution in [0.25, 0.3) is 11.0 Å². The number of anilines is 2. The Morgan fingerprint density at radius 3 is 2.52 bits per heavy atom. The van der Waals surface area contributed by atoms with E-state index in [1.54, 1.807) is 24.5 Å². The molecule has 1 aliphatic rings. The normalized spacial score (nSPS) is 14.3. The molecular weight excluding hydrogens is 412 g/mol. The predicted octanol–water partition coefficient (Wildman–Crippen LogP) is 4.82. The lowest BCUT2D eigenvalue weighted by Crippen LogP contribution is -2.24. The van der Waals surface area contributed by atoms with Gasteiger partial charge in [0, 0.05) is 25.5 Å². The van der Waals surface area contributed by atoms with Crippen LogP contribution in [0.4, 0.5) is 11.6 Å². The summed E-state index contributed by atoms with van der Waals surface area (Å²) < 4.78 is 1.89. The van der Waals surface area contributed by atoms with Gasteiger partial charge in [-0.25, -0.2) is 9.67 Å². The van der Waals surface area contributed by atoms with Crippen LogP contribution in [0, 0.1) is 6.92 Å². The summed E-state index contributed by atoms with van der Waals surface area (Å²) in [5, 5.41) is 8.55. The molecule has 33 heavy (non-hydrogen) atoms. The molecule has 168 valence electrons. The van der Waals surface area contributed by atoms with Gasteiger partial charge in [0.15, 0.2) is 11.5 Å². The highest BCUT2D eigenvalue weighted by atomic mass is 16.1. The number of hydrogen-bond donors (Lipinski definition) is 1. The maximum atomic E-state index is 12.8. The quantitative estimate of drug-likeness (QED) is 0.482. The Labute approximate surface area is 193 Å². The summed E-state index contributed by atoms with van der Waals surface area (Å²) in [6.45, 7) is 4.70. The van der Waals surface area contributed by atoms with Crippen LogP contribution in [0.3, 0.4) is 0 Å². The molecule has 1 aliphatic heterocycles. The number of fused-ring (bicyclic) bond motifs is 1. The van der Waals surface area contributed by atoms with Crippen molar-refractivity contribution in [3.63, 3.8) is 0 Å². The van der Waals surface area contributed by atoms with Crippen molar-refractivity contribution in [1.29, 1.82) is 0 Å². The van der Waals surface area contributed by atoms with Crippen LogP contribution >= 0.6 is 0 Å². The first-order chi connectivity index (χ1) is 16.2. The summed E-state index contributed by atoms with van der Waals surface area (Å²) in [7, 11) is 0. The van der Waals surface area contributed by atoms with E-state index in [1.807, 2.05) is 16.8 Å². The molecule has 7 nitrogen and oxygen atoms in total. The van der Waals surface area contributed by atoms with Gasteiger partial charge in [-0.1, -0.05) is 42.7 Å². The Morgan fingerprint density at radius 1 is 1.00 bits per heavy atom. The molecule has 1 aromatic carbocycles. The fourth-order valence-electron chi connectivity index (χ4n) is 4.26. The van der Waals surface area contributed by atoms with Gasteiger partial charge in [-0.05, 0) is 49.6 Å². The van der Waals surface area contributed by atoms with Crippen LogP contribution in [0.5, 0.6) is 0 Å². The van der Waals surface area contributed by atoms with Crippen molar-refractivity contribution < 1.29 is 4.79 Å². The Morgan fingerprint density at radius 2 is 1.79 bits per heavy atom. The third kappa shape index (κ3) is 4.72. The minimum absolute atomic E-state index is 0.235. The van der Waals surface area contributed by atoms with Gasteiger partial charge in [-0.2, -0.15) is 5.10 Å². The van der Waals surface area contributed by atoms with Gasteiger partial charge in [0.2, 0.25) is 0 Å². The lowest BCUT2D eigenvalue weighted by molar-refractivity contribution is 0.102. The average molecular weight is 441 g/mol. The van der Waals surface area contributed by atoms with E-state index in [9.17, 15) is 4.79 Å². The number of carbonyl (C=O) groups excluding carboxylic acids is 1. The van der Waals surface area contributed by atoms with E-state index in [-0.39, 0.29) is 5.91 Å². The molecule has 0 spiro atoms. The molecule has 0 radical (unpaired) electrons. The standard InChI is InChI=1S/C26H28N6O/c1-19-8-10-20(11-9-19)18-32-25-22(12-13-23(28-25)31-15-4-2-3-5-16-31)24(30-32)29-26(33)21-7-6-14-27-17-21/h6-14,17H,2-5,15-16,18H2,1H3,(H,29,30,33). The molecular formula is C26H28N6O. The van der Waals surface area contributed by atoms with Crippen molar-refractivity contribution in [1.82, 2.24) is 19.7 Å². The number of rotatable bonds is 5. The minimum atomic E-state index is -0.235. The van der Waals surface area contributed by atoms with E-state index in [0.29, 0.717) is 17.9 Å². The molecule has 7 heteroatoms. The molecule has 4 heterocycles. The molecule has 0 bridgehead atoms. The first kappa shape index (κ1) is 21.1. The van der Waals surface area contributed by atoms with Crippen molar-refractivity contribution in [2.24, 2.45) is 0 Å². The fourth-order valence-corrected chi connectivity index (χ4v) is 4.26. The number of benzene rings is 1. The third-order valence-corrected chi connectivity index (χ3v) is 6.12. The van der Waals surface area contributed by atoms with Gasteiger partial charge in [-0.3, -0.25) is 9.78 Å². The van der Waals surface area contributed by atoms with Gasteiger partial charge < -0.3 is 10.2 Å². The van der Waals surface area contributed by atoms with E-state index >= 15 is 0 Å². The smallest absolute Gasteiger partial charge is 0.258 e. The number of aromatic nitrogens is 4. The summed E-state index contributed by atoms with van der Waals surface area (Å²) in [6.07, 6.45) is 8.13. The van der Waals surface area contributed by atoms with Crippen LogP contribution in [0.15, 0.2) is 60.9 Å². The Kier molecular flexibility index (Phi) is 6.02. The molecule has 0 atom stereocenters. The van der Waals surface area contributed by atoms with Crippen LogP contribution < -0.4 is 10.2 Å². The van der Waals surface area contributed by atoms with Gasteiger partial charge in [0.25, 0.3) is 5.91 Å². The lowest BCUT2D eigenvalue weighted by Gasteiger charge is -2.21. The number of amides is 1. The highest BCUT2D eigenvalue weighted by Crippen LogP contribution is 2.27. The largest absolute Gasteiger partial charge is 0.357 e. The zero-order chi connectivity index (χ0) is 22.6. The maximum Gasteiger partial charge on any atom is 0.258 e. The molecule has 1 N–H and O–H groups in total. The van der Waals surface area contributed by atoms with Crippen molar-refractivity contribution in [3.8, 4) is 0 Å². The van der Waals surface area contributed by atoms with Crippen molar-refractivity contribution >= 4 is 28.6 Å². The predicted molar refractivity (Wildman–Crippen MR) is 131 cm³/mol. The molecule has 3 aromatic heterocycles. The average Bonchev–Trinajstić information content (AvgIpc) is 3.01. The summed E-state index contributed by atoms with van der Waals surface area (Å²) in [4.78, 5) is 24.2. The number of hydrogen-bond acceptors (Lipinski definition) is 5. The molecule has 1 fully saturated rings. The molecule has 0 aliphatic carbocycles. The first-order valence-corrected chi connectivity index (χ1v) is 11.6. The summed E-state index contributed by atoms with van der Waals surface area (Å²) in [6, 6.07) is 16.0. The number of nitrogens with one attached hydrogen (secondary N) is 1. The van der Waals surface area contributed by atoms with Crippen molar-refractivity contribution in [2.45, 2.75) is 39.2 Å². The summed E-state index contributed by atoms with van der Waals surface area (Å²) in [5.41, 5.74) is 3.62. The van der Waals surface area contributed by atoms with E-state index in [4.69, 9.17) is 10.1 Å². The second-order valence-corrected chi connectivity index (χ2v) is 8.63. The molecule has 1 amide bonds. The molecule has 4 aromatic rings. The molecule has 1 saturated heterocycles. The lowest BCUT2D eigenvalue weighted by atomic mass is 10.1. The second-order valence-electron chi connectivity index (χ2n) is 8.63. The Bertz CT molecular complexity index is 1240. The monoisotopic (exact) mass is 440 g/mol. The van der Waals surface area contributed by atoms with Gasteiger partial charge in [0.05, 0.1) is 17.5 Å². The van der Waals surface area contributed by atoms with Crippen molar-refractivity contribution in [2.75, 3.05) is 23.3 Å². The third-order valence-electron chi connectivity index (χ3n) is 6.12. The molecule has 5 rings (SSSR count). The maximum absolute atomic E-state index is 12.8. The van der Waals surface area contributed by atoms with E-state index in [1.165, 1.54) is 31.2 Å². The van der Waals surface area contributed by atoms with Gasteiger partial charge >= 0.3 is 0 Å². The number of carbonyl (C=O) groups is 1. The Hall–Kier alpha value is -3.74. The second kappa shape index (κ2) is 9.40. The molecule has 0 saturated carbocycles. The Balaban J connectivity index is 1.52. The number of nitrogens with zero attached hydrogens (tertiary/aromatic N) is 5. The minimum Gasteiger partial charge on any atom is -0.357 e. The van der Waals surface area contributed by atoms with Crippen LogP contribution in [0.1, 0.15) is 47.2 Å². The van der Waals surface area contributed by atoms with E-state index in [0.717, 1.165) is 35.5 Å². The fraction of sp³-hybridized carbons (Fsp3) is 0.308. The van der Waals surface area contributed by atoms with Gasteiger partial charge in [0.1, 0.15) is 5.82 Å². The number of pyridine rings is 2. The van der Waals surface area contributed by atoms with E-state index < -0.39 is 0 Å². The zero-order valence-electron chi connectivity index (χ0n) is 18.9. The van der Waals surface area contributed by atoms with Crippen LogP contribution in [-0.4, -0.2) is 38.7 Å². The summed E-state index contributed by atoms with van der Waals surface area (Å²) >= 11 is 0. The van der Waals surface area contributed by atoms with Crippen molar-refractivity contribution in [3.05, 3.63) is 77.6 Å². The highest BCUT2D eigenvalue weighted by Gasteiger charge is 2.18. The van der Waals surface area contributed by atoms with Crippen LogP contribution in [-0.2, 0) is 6.54 Å². The number of aryl methyl sites for hydroxylation is 1. The van der Waals surface area contributed by atoms with Crippen LogP contribution in [0.2, 0.25) is 0 Å². The van der Waals surface area contributed by atoms with E-state index in [2.05, 4.69) is 46.4 Å². The first-order valence-electron chi connectivity index (χ1n) is 11.6. The summed E-state index contributed by atoms with van der Waals surface area (Å²) in [5.74, 6) is 1.25. The molecule has 0 unspecified atom stereocenters. The highest BCUT2D eigenvalue weighted by molar-refractivity contribution is 6.07. The zero-order valence-corrected chi connectivity index (χ0v) is 18.9. The topological polar surface area (TPSA) is 75.9 Å². The van der Waals surface area contributed by atoms with Gasteiger partial charge in [-0.15, -0.1) is 0 Å².